The van der Waals surface area contributed by atoms with Crippen molar-refractivity contribution in [2.45, 2.75) is 7.59 Å². The first kappa shape index (κ1) is 16.6. The van der Waals surface area contributed by atoms with Crippen molar-refractivity contribution in [3.05, 3.63) is 0 Å². The molecule has 0 aromatic rings. The molecule has 84 valence electrons. The van der Waals surface area contributed by atoms with E-state index in [1.165, 1.54) is 0 Å². The molecule has 0 saturated heterocycles. The summed E-state index contributed by atoms with van der Waals surface area (Å²) in [5.41, 5.74) is 0. The van der Waals surface area contributed by atoms with Crippen LogP contribution in [0.3, 0.4) is 0 Å². The third kappa shape index (κ3) is 7.52. The van der Waals surface area contributed by atoms with Crippen LogP contribution in [-0.4, -0.2) is 19.5 Å². The Morgan fingerprint density at radius 3 is 1.27 bits per heavy atom. The zero-order valence-corrected chi connectivity index (χ0v) is 16.6. The van der Waals surface area contributed by atoms with Crippen molar-refractivity contribution in [2.75, 3.05) is 0 Å². The molecule has 0 saturated carbocycles. The van der Waals surface area contributed by atoms with Gasteiger partial charge in [0.15, 0.2) is 0 Å². The quantitative estimate of drug-likeness (QED) is 0.411. The third-order valence-corrected chi connectivity index (χ3v) is 4.72. The van der Waals surface area contributed by atoms with Gasteiger partial charge in [-0.05, 0) is 0 Å². The van der Waals surface area contributed by atoms with Crippen LogP contribution in [-0.2, 0) is 40.4 Å². The van der Waals surface area contributed by atoms with Crippen LogP contribution in [0.5, 0.6) is 0 Å². The number of halogens is 6. The monoisotopic (exact) mass is 524 g/mol. The van der Waals surface area contributed by atoms with Gasteiger partial charge in [0.2, 0.25) is 0 Å². The molecule has 0 N–H and O–H groups in total. The van der Waals surface area contributed by atoms with Gasteiger partial charge in [-0.1, -0.05) is 0 Å². The fourth-order valence-electron chi connectivity index (χ4n) is 0.300. The van der Waals surface area contributed by atoms with Gasteiger partial charge >= 0.3 is 129 Å². The Morgan fingerprint density at radius 1 is 0.800 bits per heavy atom. The van der Waals surface area contributed by atoms with E-state index in [-0.39, 0.29) is 0 Å². The van der Waals surface area contributed by atoms with E-state index in [1.54, 1.807) is 0 Å². The van der Waals surface area contributed by atoms with Crippen LogP contribution in [0.1, 0.15) is 0 Å². The fourth-order valence-corrected chi connectivity index (χ4v) is 5.51. The molecule has 15 heavy (non-hydrogen) atoms. The summed E-state index contributed by atoms with van der Waals surface area (Å²) < 4.78 is 4.48. The number of hydrogen-bond donors (Lipinski definition) is 0. The number of rotatable bonds is 2. The summed E-state index contributed by atoms with van der Waals surface area (Å²) in [4.78, 5) is 21.7. The van der Waals surface area contributed by atoms with Crippen molar-refractivity contribution in [1.82, 2.24) is 0 Å². The van der Waals surface area contributed by atoms with Gasteiger partial charge in [-0.15, -0.1) is 0 Å². The minimum atomic E-state index is -2.79. The molecule has 0 aliphatic carbocycles. The van der Waals surface area contributed by atoms with Gasteiger partial charge in [0, 0.05) is 0 Å². The summed E-state index contributed by atoms with van der Waals surface area (Å²) in [5, 5.41) is 0. The molecule has 0 aliphatic rings. The van der Waals surface area contributed by atoms with Crippen molar-refractivity contribution >= 4 is 81.5 Å². The Bertz CT molecular complexity index is 231. The van der Waals surface area contributed by atoms with E-state index in [0.717, 1.165) is 0 Å². The number of alkyl halides is 6. The molecule has 0 fully saturated rings. The number of hydrogen-bond acceptors (Lipinski definition) is 4. The second kappa shape index (κ2) is 6.52. The van der Waals surface area contributed by atoms with Gasteiger partial charge in [0.25, 0.3) is 0 Å². The van der Waals surface area contributed by atoms with Gasteiger partial charge in [0.1, 0.15) is 0 Å². The molecule has 0 unspecified atom stereocenters. The second-order valence-corrected chi connectivity index (χ2v) is 9.70. The molecule has 0 aromatic carbocycles. The molecule has 0 aliphatic heterocycles. The first-order valence-corrected chi connectivity index (χ1v) is 9.78. The first-order valence-electron chi connectivity index (χ1n) is 3.03. The van der Waals surface area contributed by atoms with Crippen LogP contribution in [0.2, 0.25) is 0 Å². The normalized spacial score (nSPS) is 11.6. The molecule has 0 aromatic heterocycles. The molecule has 0 heterocycles. The fraction of sp³-hybridized carbons (Fsp3) is 0.500. The minimum absolute atomic E-state index is 1.12. The first-order chi connectivity index (χ1) is 6.55. The van der Waals surface area contributed by atoms with Crippen LogP contribution in [0, 0.1) is 0 Å². The van der Waals surface area contributed by atoms with Crippen molar-refractivity contribution in [3.63, 3.8) is 0 Å². The van der Waals surface area contributed by atoms with E-state index in [2.05, 4.69) is 5.29 Å². The van der Waals surface area contributed by atoms with Crippen molar-refractivity contribution in [1.29, 1.82) is 0 Å². The SMILES string of the molecule is O=C([O][Hg][O]C(=O)C(Cl)(Cl)Cl)C(Cl)(Cl)Cl. The molecule has 0 bridgehead atoms. The summed E-state index contributed by atoms with van der Waals surface area (Å²) in [6.45, 7) is 0. The van der Waals surface area contributed by atoms with E-state index >= 15 is 0 Å². The van der Waals surface area contributed by atoms with Crippen molar-refractivity contribution in [2.24, 2.45) is 0 Å². The van der Waals surface area contributed by atoms with Crippen molar-refractivity contribution in [3.8, 4) is 0 Å². The Kier molecular flexibility index (Phi) is 7.22. The summed E-state index contributed by atoms with van der Waals surface area (Å²) in [7, 11) is 0. The van der Waals surface area contributed by atoms with E-state index in [4.69, 9.17) is 69.6 Å². The maximum absolute atomic E-state index is 10.8. The van der Waals surface area contributed by atoms with Crippen LogP contribution >= 0.6 is 69.6 Å². The predicted molar refractivity (Wildman–Crippen MR) is 52.8 cm³/mol. The topological polar surface area (TPSA) is 52.6 Å². The Labute approximate surface area is 128 Å². The van der Waals surface area contributed by atoms with Gasteiger partial charge in [0.05, 0.1) is 0 Å². The van der Waals surface area contributed by atoms with Crippen molar-refractivity contribution < 1.29 is 40.4 Å². The molecule has 4 nitrogen and oxygen atoms in total. The standard InChI is InChI=1S/2C2HCl3O2.Hg/c2*3-2(4,5)1(6)7;/h2*(H,6,7);/q;;+2/p-2. The van der Waals surface area contributed by atoms with Crippen LogP contribution in [0.25, 0.3) is 0 Å². The second-order valence-electron chi connectivity index (χ2n) is 1.98. The molecule has 11 heteroatoms. The summed E-state index contributed by atoms with van der Waals surface area (Å²) >= 11 is 28.2. The molecular formula is C4Cl6HgO4. The predicted octanol–water partition coefficient (Wildman–Crippen LogP) is 2.73. The summed E-state index contributed by atoms with van der Waals surface area (Å²) in [6, 6.07) is 0. The van der Waals surface area contributed by atoms with Crippen LogP contribution < -0.4 is 0 Å². The average molecular weight is 525 g/mol. The summed E-state index contributed by atoms with van der Waals surface area (Å²) in [5.74, 6) is -2.24. The van der Waals surface area contributed by atoms with Crippen LogP contribution in [0.15, 0.2) is 0 Å². The zero-order valence-electron chi connectivity index (χ0n) is 6.61. The maximum atomic E-state index is 10.8. The molecule has 0 rings (SSSR count). The van der Waals surface area contributed by atoms with E-state index in [1.807, 2.05) is 0 Å². The van der Waals surface area contributed by atoms with E-state index in [0.29, 0.717) is 0 Å². The van der Waals surface area contributed by atoms with Gasteiger partial charge in [-0.2, -0.15) is 0 Å². The molecule has 0 atom stereocenters. The zero-order chi connectivity index (χ0) is 12.3. The van der Waals surface area contributed by atoms with Gasteiger partial charge < -0.3 is 0 Å². The van der Waals surface area contributed by atoms with Crippen LogP contribution in [0.4, 0.5) is 0 Å². The van der Waals surface area contributed by atoms with Gasteiger partial charge in [-0.25, -0.2) is 0 Å². The number of carbonyl (C=O) groups is 2. The average Bonchev–Trinajstić information content (AvgIpc) is 2.00. The van der Waals surface area contributed by atoms with E-state index < -0.39 is 45.0 Å². The third-order valence-electron chi connectivity index (χ3n) is 0.843. The molecular weight excluding hydrogens is 525 g/mol. The Balaban J connectivity index is 3.92. The van der Waals surface area contributed by atoms with E-state index in [9.17, 15) is 9.59 Å². The Morgan fingerprint density at radius 2 is 1.07 bits per heavy atom. The molecule has 0 amide bonds. The molecule has 0 radical (unpaired) electrons. The van der Waals surface area contributed by atoms with Gasteiger partial charge in [-0.3, -0.25) is 0 Å². The summed E-state index contributed by atoms with van der Waals surface area (Å²) in [6.07, 6.45) is 0. The Hall–Kier alpha value is 1.62. The molecule has 0 spiro atoms. The number of carbonyl (C=O) groups excluding carboxylic acids is 2.